The van der Waals surface area contributed by atoms with Gasteiger partial charge in [0.1, 0.15) is 0 Å². The Kier molecular flexibility index (Phi) is 4.10. The monoisotopic (exact) mass is 262 g/mol. The first-order valence-corrected chi connectivity index (χ1v) is 6.85. The molecule has 4 heteroatoms. The summed E-state index contributed by atoms with van der Waals surface area (Å²) in [7, 11) is 0. The highest BCUT2D eigenvalue weighted by molar-refractivity contribution is 5.95. The fourth-order valence-electron chi connectivity index (χ4n) is 3.03. The molecule has 0 spiro atoms. The number of carboxylic acids is 1. The molecule has 1 aliphatic heterocycles. The maximum atomic E-state index is 11.3. The number of anilines is 1. The van der Waals surface area contributed by atoms with Crippen LogP contribution in [0.2, 0.25) is 0 Å². The third kappa shape index (κ3) is 2.89. The molecule has 3 N–H and O–H groups in total. The van der Waals surface area contributed by atoms with Gasteiger partial charge in [-0.05, 0) is 36.9 Å². The number of nitrogens with zero attached hydrogens (tertiary/aromatic N) is 1. The van der Waals surface area contributed by atoms with E-state index in [-0.39, 0.29) is 5.56 Å². The van der Waals surface area contributed by atoms with Crippen molar-refractivity contribution >= 4 is 11.7 Å². The van der Waals surface area contributed by atoms with Gasteiger partial charge in [0, 0.05) is 18.3 Å². The van der Waals surface area contributed by atoms with Crippen molar-refractivity contribution in [2.24, 2.45) is 5.92 Å². The SMILES string of the molecule is CC(C)C1CCCN1Cc1cccc(N)c1C(=O)O. The number of likely N-dealkylation sites (tertiary alicyclic amines) is 1. The first-order chi connectivity index (χ1) is 9.00. The molecule has 2 rings (SSSR count). The van der Waals surface area contributed by atoms with E-state index in [0.717, 1.165) is 12.1 Å². The molecule has 1 aromatic carbocycles. The normalized spacial score (nSPS) is 20.1. The van der Waals surface area contributed by atoms with Gasteiger partial charge in [0.2, 0.25) is 0 Å². The molecule has 0 bridgehead atoms. The summed E-state index contributed by atoms with van der Waals surface area (Å²) in [5.74, 6) is -0.342. The van der Waals surface area contributed by atoms with Gasteiger partial charge >= 0.3 is 5.97 Å². The predicted octanol–water partition coefficient (Wildman–Crippen LogP) is 2.59. The van der Waals surface area contributed by atoms with E-state index in [9.17, 15) is 9.90 Å². The molecule has 0 aliphatic carbocycles. The number of nitrogen functional groups attached to an aromatic ring is 1. The number of aromatic carboxylic acids is 1. The maximum absolute atomic E-state index is 11.3. The second-order valence-corrected chi connectivity index (χ2v) is 5.61. The summed E-state index contributed by atoms with van der Waals surface area (Å²) in [6, 6.07) is 5.90. The molecule has 1 atom stereocenters. The lowest BCUT2D eigenvalue weighted by atomic mass is 10.0. The van der Waals surface area contributed by atoms with Gasteiger partial charge in [0.15, 0.2) is 0 Å². The number of nitrogens with two attached hydrogens (primary N) is 1. The van der Waals surface area contributed by atoms with E-state index >= 15 is 0 Å². The minimum absolute atomic E-state index is 0.261. The second-order valence-electron chi connectivity index (χ2n) is 5.61. The van der Waals surface area contributed by atoms with E-state index in [4.69, 9.17) is 5.73 Å². The number of benzene rings is 1. The van der Waals surface area contributed by atoms with Gasteiger partial charge < -0.3 is 10.8 Å². The fourth-order valence-corrected chi connectivity index (χ4v) is 3.03. The molecule has 0 aromatic heterocycles. The first-order valence-electron chi connectivity index (χ1n) is 6.85. The van der Waals surface area contributed by atoms with Crippen molar-refractivity contribution in [3.05, 3.63) is 29.3 Å². The van der Waals surface area contributed by atoms with Crippen LogP contribution in [0.25, 0.3) is 0 Å². The molecule has 1 aliphatic rings. The first kappa shape index (κ1) is 13.9. The summed E-state index contributed by atoms with van der Waals surface area (Å²) in [5, 5.41) is 9.30. The number of carboxylic acid groups (broad SMARTS) is 1. The summed E-state index contributed by atoms with van der Waals surface area (Å²) < 4.78 is 0. The van der Waals surface area contributed by atoms with Crippen LogP contribution in [0.3, 0.4) is 0 Å². The zero-order chi connectivity index (χ0) is 14.0. The van der Waals surface area contributed by atoms with E-state index in [1.54, 1.807) is 6.07 Å². The van der Waals surface area contributed by atoms with Crippen LogP contribution in [0.15, 0.2) is 18.2 Å². The fraction of sp³-hybridized carbons (Fsp3) is 0.533. The van der Waals surface area contributed by atoms with Gasteiger partial charge in [-0.2, -0.15) is 0 Å². The molecule has 0 saturated carbocycles. The number of carbonyl (C=O) groups is 1. The lowest BCUT2D eigenvalue weighted by Gasteiger charge is -2.28. The second kappa shape index (κ2) is 5.61. The molecule has 1 fully saturated rings. The Bertz CT molecular complexity index is 471. The Labute approximate surface area is 114 Å². The van der Waals surface area contributed by atoms with E-state index < -0.39 is 5.97 Å². The van der Waals surface area contributed by atoms with E-state index in [1.807, 2.05) is 12.1 Å². The molecule has 1 unspecified atom stereocenters. The van der Waals surface area contributed by atoms with Crippen LogP contribution in [0.4, 0.5) is 5.69 Å². The Morgan fingerprint density at radius 2 is 2.26 bits per heavy atom. The van der Waals surface area contributed by atoms with Crippen molar-refractivity contribution in [1.82, 2.24) is 4.90 Å². The van der Waals surface area contributed by atoms with Crippen LogP contribution < -0.4 is 5.73 Å². The number of rotatable bonds is 4. The molecular formula is C15H22N2O2. The molecule has 0 radical (unpaired) electrons. The summed E-state index contributed by atoms with van der Waals surface area (Å²) in [6.07, 6.45) is 2.38. The highest BCUT2D eigenvalue weighted by atomic mass is 16.4. The summed E-state index contributed by atoms with van der Waals surface area (Å²) >= 11 is 0. The topological polar surface area (TPSA) is 66.6 Å². The van der Waals surface area contributed by atoms with E-state index in [0.29, 0.717) is 24.2 Å². The molecular weight excluding hydrogens is 240 g/mol. The summed E-state index contributed by atoms with van der Waals surface area (Å²) in [6.45, 7) is 6.16. The van der Waals surface area contributed by atoms with Gasteiger partial charge in [-0.15, -0.1) is 0 Å². The van der Waals surface area contributed by atoms with Crippen molar-refractivity contribution in [3.63, 3.8) is 0 Å². The zero-order valence-electron chi connectivity index (χ0n) is 11.6. The molecule has 19 heavy (non-hydrogen) atoms. The number of hydrogen-bond acceptors (Lipinski definition) is 3. The van der Waals surface area contributed by atoms with Crippen molar-refractivity contribution < 1.29 is 9.90 Å². The van der Waals surface area contributed by atoms with Crippen LogP contribution in [0.1, 0.15) is 42.6 Å². The van der Waals surface area contributed by atoms with Gasteiger partial charge in [0.05, 0.1) is 5.56 Å². The Balaban J connectivity index is 2.24. The highest BCUT2D eigenvalue weighted by Gasteiger charge is 2.28. The quantitative estimate of drug-likeness (QED) is 0.818. The minimum Gasteiger partial charge on any atom is -0.478 e. The maximum Gasteiger partial charge on any atom is 0.338 e. The van der Waals surface area contributed by atoms with Gasteiger partial charge in [-0.3, -0.25) is 4.90 Å². The average molecular weight is 262 g/mol. The Hall–Kier alpha value is -1.55. The number of hydrogen-bond donors (Lipinski definition) is 2. The van der Waals surface area contributed by atoms with E-state index in [2.05, 4.69) is 18.7 Å². The molecule has 4 nitrogen and oxygen atoms in total. The Morgan fingerprint density at radius 3 is 2.89 bits per heavy atom. The van der Waals surface area contributed by atoms with Crippen LogP contribution in [-0.2, 0) is 6.54 Å². The Morgan fingerprint density at radius 1 is 1.53 bits per heavy atom. The van der Waals surface area contributed by atoms with Gasteiger partial charge in [-0.25, -0.2) is 4.79 Å². The molecule has 1 aromatic rings. The van der Waals surface area contributed by atoms with Crippen molar-refractivity contribution in [1.29, 1.82) is 0 Å². The summed E-state index contributed by atoms with van der Waals surface area (Å²) in [4.78, 5) is 13.7. The molecule has 104 valence electrons. The standard InChI is InChI=1S/C15H22N2O2/c1-10(2)13-7-4-8-17(13)9-11-5-3-6-12(16)14(11)15(18)19/h3,5-6,10,13H,4,7-9,16H2,1-2H3,(H,18,19). The van der Waals surface area contributed by atoms with Gasteiger partial charge in [0.25, 0.3) is 0 Å². The largest absolute Gasteiger partial charge is 0.478 e. The third-order valence-corrected chi connectivity index (χ3v) is 3.95. The smallest absolute Gasteiger partial charge is 0.338 e. The molecule has 1 heterocycles. The van der Waals surface area contributed by atoms with Crippen molar-refractivity contribution in [2.75, 3.05) is 12.3 Å². The van der Waals surface area contributed by atoms with Crippen LogP contribution in [0, 0.1) is 5.92 Å². The van der Waals surface area contributed by atoms with Gasteiger partial charge in [-0.1, -0.05) is 26.0 Å². The zero-order valence-corrected chi connectivity index (χ0v) is 11.6. The predicted molar refractivity (Wildman–Crippen MR) is 76.1 cm³/mol. The minimum atomic E-state index is -0.937. The van der Waals surface area contributed by atoms with Crippen LogP contribution in [-0.4, -0.2) is 28.6 Å². The van der Waals surface area contributed by atoms with E-state index in [1.165, 1.54) is 12.8 Å². The molecule has 1 saturated heterocycles. The van der Waals surface area contributed by atoms with Crippen LogP contribution >= 0.6 is 0 Å². The lowest BCUT2D eigenvalue weighted by molar-refractivity contribution is 0.0695. The summed E-state index contributed by atoms with van der Waals surface area (Å²) in [5.41, 5.74) is 7.22. The van der Waals surface area contributed by atoms with Crippen molar-refractivity contribution in [3.8, 4) is 0 Å². The average Bonchev–Trinajstić information content (AvgIpc) is 2.76. The van der Waals surface area contributed by atoms with Crippen LogP contribution in [0.5, 0.6) is 0 Å². The molecule has 0 amide bonds. The third-order valence-electron chi connectivity index (χ3n) is 3.95. The highest BCUT2D eigenvalue weighted by Crippen LogP contribution is 2.27. The van der Waals surface area contributed by atoms with Crippen molar-refractivity contribution in [2.45, 2.75) is 39.3 Å². The lowest BCUT2D eigenvalue weighted by Crippen LogP contribution is -2.33.